The third-order valence-electron chi connectivity index (χ3n) is 4.31. The van der Waals surface area contributed by atoms with Gasteiger partial charge in [-0.25, -0.2) is 4.79 Å². The molecule has 29 heavy (non-hydrogen) atoms. The van der Waals surface area contributed by atoms with Gasteiger partial charge in [-0.1, -0.05) is 41.5 Å². The Kier molecular flexibility index (Phi) is 5.78. The number of nitro benzene ring substituents is 1. The second kappa shape index (κ2) is 7.62. The van der Waals surface area contributed by atoms with Crippen LogP contribution in [0.15, 0.2) is 30.3 Å². The number of amides is 1. The fourth-order valence-corrected chi connectivity index (χ4v) is 2.58. The number of pyridine rings is 1. The van der Waals surface area contributed by atoms with Gasteiger partial charge in [-0.05, 0) is 24.3 Å². The molecule has 0 saturated heterocycles. The summed E-state index contributed by atoms with van der Waals surface area (Å²) in [6.45, 7) is 12.1. The summed E-state index contributed by atoms with van der Waals surface area (Å²) < 4.78 is 0. The highest BCUT2D eigenvalue weighted by Gasteiger charge is 2.24. The van der Waals surface area contributed by atoms with Crippen molar-refractivity contribution in [1.82, 2.24) is 4.98 Å². The molecule has 0 aliphatic heterocycles. The standard InChI is InChI=1S/C21H25N3O5/c1-20(2,3)16-10-13(11-17(23-16)21(4,5)6)22-18(25)12-7-8-14(19(26)27)15(9-12)24(28)29/h7-11H,1-6H3,(H,26,27)(H,22,23,25). The first-order valence-corrected chi connectivity index (χ1v) is 9.06. The van der Waals surface area contributed by atoms with Gasteiger partial charge in [-0.3, -0.25) is 19.9 Å². The third-order valence-corrected chi connectivity index (χ3v) is 4.31. The summed E-state index contributed by atoms with van der Waals surface area (Å²) in [5.41, 5.74) is 0.509. The lowest BCUT2D eigenvalue weighted by molar-refractivity contribution is -0.385. The Hall–Kier alpha value is -3.29. The van der Waals surface area contributed by atoms with Crippen LogP contribution in [0, 0.1) is 10.1 Å². The Morgan fingerprint density at radius 1 is 1.00 bits per heavy atom. The van der Waals surface area contributed by atoms with E-state index in [1.165, 1.54) is 6.07 Å². The molecule has 2 N–H and O–H groups in total. The van der Waals surface area contributed by atoms with Gasteiger partial charge in [0.25, 0.3) is 11.6 Å². The zero-order valence-electron chi connectivity index (χ0n) is 17.4. The van der Waals surface area contributed by atoms with Crippen molar-refractivity contribution in [3.8, 4) is 0 Å². The minimum atomic E-state index is -1.43. The van der Waals surface area contributed by atoms with Crippen molar-refractivity contribution >= 4 is 23.3 Å². The maximum absolute atomic E-state index is 12.7. The Balaban J connectivity index is 2.46. The van der Waals surface area contributed by atoms with Gasteiger partial charge in [0.15, 0.2) is 0 Å². The van der Waals surface area contributed by atoms with Gasteiger partial charge in [-0.15, -0.1) is 0 Å². The number of nitro groups is 1. The molecule has 0 atom stereocenters. The first-order chi connectivity index (χ1) is 13.2. The first kappa shape index (κ1) is 22.0. The number of carboxylic acid groups (broad SMARTS) is 1. The molecule has 1 aromatic carbocycles. The molecule has 0 radical (unpaired) electrons. The van der Waals surface area contributed by atoms with Crippen LogP contribution in [0.1, 0.15) is 73.6 Å². The quantitative estimate of drug-likeness (QED) is 0.575. The molecule has 0 fully saturated rings. The number of carboxylic acids is 1. The molecule has 0 unspecified atom stereocenters. The highest BCUT2D eigenvalue weighted by molar-refractivity contribution is 6.05. The number of benzene rings is 1. The number of carbonyl (C=O) groups is 2. The summed E-state index contributed by atoms with van der Waals surface area (Å²) in [5, 5.41) is 23.0. The fraction of sp³-hybridized carbons (Fsp3) is 0.381. The van der Waals surface area contributed by atoms with Gasteiger partial charge in [-0.2, -0.15) is 0 Å². The number of aromatic nitrogens is 1. The second-order valence-corrected chi connectivity index (χ2v) is 8.87. The fourth-order valence-electron chi connectivity index (χ4n) is 2.58. The lowest BCUT2D eigenvalue weighted by atomic mass is 9.87. The van der Waals surface area contributed by atoms with Gasteiger partial charge in [0.05, 0.1) is 4.92 Å². The van der Waals surface area contributed by atoms with Crippen molar-refractivity contribution < 1.29 is 19.6 Å². The molecule has 0 aliphatic rings. The van der Waals surface area contributed by atoms with Crippen molar-refractivity contribution in [3.05, 3.63) is 63.0 Å². The molecule has 0 spiro atoms. The second-order valence-electron chi connectivity index (χ2n) is 8.87. The number of anilines is 1. The predicted molar refractivity (Wildman–Crippen MR) is 110 cm³/mol. The number of aromatic carboxylic acids is 1. The van der Waals surface area contributed by atoms with E-state index in [2.05, 4.69) is 5.32 Å². The van der Waals surface area contributed by atoms with Crippen LogP contribution in [0.3, 0.4) is 0 Å². The van der Waals surface area contributed by atoms with Gasteiger partial charge in [0.1, 0.15) is 5.56 Å². The molecular formula is C21H25N3O5. The van der Waals surface area contributed by atoms with Crippen LogP contribution < -0.4 is 5.32 Å². The lowest BCUT2D eigenvalue weighted by Crippen LogP contribution is -2.21. The number of nitrogens with one attached hydrogen (secondary N) is 1. The van der Waals surface area contributed by atoms with Crippen molar-refractivity contribution in [2.24, 2.45) is 0 Å². The highest BCUT2D eigenvalue weighted by Crippen LogP contribution is 2.29. The van der Waals surface area contributed by atoms with E-state index in [4.69, 9.17) is 10.1 Å². The first-order valence-electron chi connectivity index (χ1n) is 9.06. The number of nitrogens with zero attached hydrogens (tertiary/aromatic N) is 2. The largest absolute Gasteiger partial charge is 0.477 e. The number of hydrogen-bond acceptors (Lipinski definition) is 5. The normalized spacial score (nSPS) is 11.8. The summed E-state index contributed by atoms with van der Waals surface area (Å²) in [7, 11) is 0. The van der Waals surface area contributed by atoms with Gasteiger partial charge in [0, 0.05) is 39.5 Å². The third kappa shape index (κ3) is 5.16. The Bertz CT molecular complexity index is 953. The summed E-state index contributed by atoms with van der Waals surface area (Å²) in [5.74, 6) is -2.00. The molecule has 8 heteroatoms. The van der Waals surface area contributed by atoms with E-state index in [0.717, 1.165) is 23.5 Å². The summed E-state index contributed by atoms with van der Waals surface area (Å²) in [6.07, 6.45) is 0. The minimum Gasteiger partial charge on any atom is -0.477 e. The van der Waals surface area contributed by atoms with E-state index >= 15 is 0 Å². The zero-order valence-corrected chi connectivity index (χ0v) is 17.4. The van der Waals surface area contributed by atoms with Crippen LogP contribution in [0.4, 0.5) is 11.4 Å². The number of rotatable bonds is 4. The maximum Gasteiger partial charge on any atom is 0.342 e. The highest BCUT2D eigenvalue weighted by atomic mass is 16.6. The molecule has 0 aliphatic carbocycles. The van der Waals surface area contributed by atoms with Crippen LogP contribution in [-0.4, -0.2) is 26.9 Å². The number of hydrogen-bond donors (Lipinski definition) is 2. The van der Waals surface area contributed by atoms with E-state index in [1.807, 2.05) is 41.5 Å². The molecule has 8 nitrogen and oxygen atoms in total. The van der Waals surface area contributed by atoms with Crippen LogP contribution in [0.25, 0.3) is 0 Å². The molecule has 1 amide bonds. The molecule has 0 saturated carbocycles. The molecular weight excluding hydrogens is 374 g/mol. The minimum absolute atomic E-state index is 0.00636. The SMILES string of the molecule is CC(C)(C)c1cc(NC(=O)c2ccc(C(=O)O)c([N+](=O)[O-])c2)cc(C(C)(C)C)n1. The van der Waals surface area contributed by atoms with Crippen molar-refractivity contribution in [1.29, 1.82) is 0 Å². The van der Waals surface area contributed by atoms with E-state index in [9.17, 15) is 19.7 Å². The van der Waals surface area contributed by atoms with Crippen molar-refractivity contribution in [3.63, 3.8) is 0 Å². The molecule has 2 aromatic rings. The summed E-state index contributed by atoms with van der Waals surface area (Å²) in [6, 6.07) is 6.82. The van der Waals surface area contributed by atoms with E-state index in [-0.39, 0.29) is 16.4 Å². The van der Waals surface area contributed by atoms with Crippen LogP contribution >= 0.6 is 0 Å². The molecule has 154 valence electrons. The van der Waals surface area contributed by atoms with Crippen LogP contribution in [-0.2, 0) is 10.8 Å². The summed E-state index contributed by atoms with van der Waals surface area (Å²) >= 11 is 0. The predicted octanol–water partition coefficient (Wildman–Crippen LogP) is 4.54. The van der Waals surface area contributed by atoms with Crippen molar-refractivity contribution in [2.75, 3.05) is 5.32 Å². The van der Waals surface area contributed by atoms with E-state index < -0.39 is 28.1 Å². The van der Waals surface area contributed by atoms with E-state index in [0.29, 0.717) is 5.69 Å². The Labute approximate surface area is 169 Å². The monoisotopic (exact) mass is 399 g/mol. The smallest absolute Gasteiger partial charge is 0.342 e. The lowest BCUT2D eigenvalue weighted by Gasteiger charge is -2.25. The molecule has 1 aromatic heterocycles. The zero-order chi connectivity index (χ0) is 22.1. The van der Waals surface area contributed by atoms with E-state index in [1.54, 1.807) is 12.1 Å². The molecule has 1 heterocycles. The van der Waals surface area contributed by atoms with Gasteiger partial charge >= 0.3 is 5.97 Å². The maximum atomic E-state index is 12.7. The molecule has 0 bridgehead atoms. The summed E-state index contributed by atoms with van der Waals surface area (Å²) in [4.78, 5) is 38.9. The van der Waals surface area contributed by atoms with Crippen LogP contribution in [0.2, 0.25) is 0 Å². The van der Waals surface area contributed by atoms with Gasteiger partial charge < -0.3 is 10.4 Å². The average molecular weight is 399 g/mol. The number of carbonyl (C=O) groups excluding carboxylic acids is 1. The van der Waals surface area contributed by atoms with Crippen LogP contribution in [0.5, 0.6) is 0 Å². The van der Waals surface area contributed by atoms with Crippen molar-refractivity contribution in [2.45, 2.75) is 52.4 Å². The topological polar surface area (TPSA) is 122 Å². The average Bonchev–Trinajstić information content (AvgIpc) is 2.59. The molecule has 2 rings (SSSR count). The Morgan fingerprint density at radius 2 is 1.52 bits per heavy atom. The Morgan fingerprint density at radius 3 is 1.93 bits per heavy atom. The van der Waals surface area contributed by atoms with Gasteiger partial charge in [0.2, 0.25) is 0 Å².